The zero-order chi connectivity index (χ0) is 15.4. The minimum absolute atomic E-state index is 0.297. The number of rotatable bonds is 2. The summed E-state index contributed by atoms with van der Waals surface area (Å²) in [6.45, 7) is 1.88. The van der Waals surface area contributed by atoms with Crippen LogP contribution in [0.1, 0.15) is 11.1 Å². The second-order valence-corrected chi connectivity index (χ2v) is 5.16. The Morgan fingerprint density at radius 2 is 1.86 bits per heavy atom. The second-order valence-electron chi connectivity index (χ2n) is 4.35. The predicted octanol–water partition coefficient (Wildman–Crippen LogP) is 4.82. The van der Waals surface area contributed by atoms with Crippen molar-refractivity contribution in [3.8, 4) is 6.07 Å². The normalized spacial score (nSPS) is 9.81. The number of nitrogens with zero attached hydrogens (tertiary/aromatic N) is 1. The standard InChI is InChI=1S/C15H11Cl2N3O/c1-9-2-4-11(7-12(9)16)19-15(21)20-14-5-3-10(8-18)6-13(14)17/h2-7H,1H3,(H2,19,20,21). The fraction of sp³-hybridized carbons (Fsp3) is 0.0667. The Morgan fingerprint density at radius 1 is 1.10 bits per heavy atom. The largest absolute Gasteiger partial charge is 0.323 e. The highest BCUT2D eigenvalue weighted by Gasteiger charge is 2.07. The van der Waals surface area contributed by atoms with E-state index in [1.54, 1.807) is 24.3 Å². The molecule has 0 saturated carbocycles. The molecule has 4 nitrogen and oxygen atoms in total. The maximum atomic E-state index is 11.9. The summed E-state index contributed by atoms with van der Waals surface area (Å²) in [4.78, 5) is 11.9. The molecular weight excluding hydrogens is 309 g/mol. The van der Waals surface area contributed by atoms with Crippen LogP contribution in [0.2, 0.25) is 10.0 Å². The second kappa shape index (κ2) is 6.49. The number of hydrogen-bond donors (Lipinski definition) is 2. The summed E-state index contributed by atoms with van der Waals surface area (Å²) in [7, 11) is 0. The summed E-state index contributed by atoms with van der Waals surface area (Å²) in [5.41, 5.74) is 2.35. The van der Waals surface area contributed by atoms with Crippen LogP contribution in [0.25, 0.3) is 0 Å². The third kappa shape index (κ3) is 3.88. The van der Waals surface area contributed by atoms with Gasteiger partial charge in [-0.05, 0) is 42.8 Å². The maximum absolute atomic E-state index is 11.9. The molecule has 0 bridgehead atoms. The molecule has 2 aromatic carbocycles. The average molecular weight is 320 g/mol. The lowest BCUT2D eigenvalue weighted by Crippen LogP contribution is -2.19. The molecule has 2 rings (SSSR count). The summed E-state index contributed by atoms with van der Waals surface area (Å²) in [6, 6.07) is 11.4. The number of nitrogens with one attached hydrogen (secondary N) is 2. The monoisotopic (exact) mass is 319 g/mol. The molecule has 0 fully saturated rings. The first-order valence-electron chi connectivity index (χ1n) is 6.03. The summed E-state index contributed by atoms with van der Waals surface area (Å²) < 4.78 is 0. The highest BCUT2D eigenvalue weighted by molar-refractivity contribution is 6.34. The highest BCUT2D eigenvalue weighted by atomic mass is 35.5. The molecular formula is C15H11Cl2N3O. The molecule has 0 aliphatic heterocycles. The summed E-state index contributed by atoms with van der Waals surface area (Å²) in [5, 5.41) is 14.9. The molecule has 0 radical (unpaired) electrons. The number of halogens is 2. The van der Waals surface area contributed by atoms with Gasteiger partial charge < -0.3 is 10.6 Å². The number of urea groups is 1. The van der Waals surface area contributed by atoms with Gasteiger partial charge in [-0.25, -0.2) is 4.79 Å². The number of amides is 2. The quantitative estimate of drug-likeness (QED) is 0.833. The smallest absolute Gasteiger partial charge is 0.308 e. The predicted molar refractivity (Wildman–Crippen MR) is 85.0 cm³/mol. The van der Waals surface area contributed by atoms with E-state index in [-0.39, 0.29) is 0 Å². The summed E-state index contributed by atoms with van der Waals surface area (Å²) in [6.07, 6.45) is 0. The highest BCUT2D eigenvalue weighted by Crippen LogP contribution is 2.24. The number of carbonyl (C=O) groups excluding carboxylic acids is 1. The Balaban J connectivity index is 2.08. The first kappa shape index (κ1) is 15.2. The molecule has 6 heteroatoms. The zero-order valence-corrected chi connectivity index (χ0v) is 12.6. The number of nitriles is 1. The van der Waals surface area contributed by atoms with Crippen LogP contribution >= 0.6 is 23.2 Å². The van der Waals surface area contributed by atoms with Crippen LogP contribution in [0.15, 0.2) is 36.4 Å². The van der Waals surface area contributed by atoms with E-state index in [0.717, 1.165) is 5.56 Å². The van der Waals surface area contributed by atoms with Crippen molar-refractivity contribution in [1.29, 1.82) is 5.26 Å². The van der Waals surface area contributed by atoms with E-state index in [9.17, 15) is 4.79 Å². The molecule has 0 aliphatic rings. The Bertz CT molecular complexity index is 738. The van der Waals surface area contributed by atoms with Gasteiger partial charge in [0.1, 0.15) is 0 Å². The minimum atomic E-state index is -0.443. The van der Waals surface area contributed by atoms with E-state index in [2.05, 4.69) is 10.6 Å². The summed E-state index contributed by atoms with van der Waals surface area (Å²) in [5.74, 6) is 0. The van der Waals surface area contributed by atoms with Gasteiger partial charge >= 0.3 is 6.03 Å². The molecule has 0 atom stereocenters. The molecule has 2 aromatic rings. The first-order valence-corrected chi connectivity index (χ1v) is 6.79. The van der Waals surface area contributed by atoms with Crippen LogP contribution in [0.5, 0.6) is 0 Å². The van der Waals surface area contributed by atoms with Gasteiger partial charge in [0.05, 0.1) is 22.3 Å². The van der Waals surface area contributed by atoms with Crippen molar-refractivity contribution in [2.45, 2.75) is 6.92 Å². The van der Waals surface area contributed by atoms with Crippen LogP contribution in [-0.2, 0) is 0 Å². The fourth-order valence-corrected chi connectivity index (χ4v) is 2.05. The van der Waals surface area contributed by atoms with Crippen molar-refractivity contribution in [2.24, 2.45) is 0 Å². The van der Waals surface area contributed by atoms with E-state index in [1.807, 2.05) is 19.1 Å². The van der Waals surface area contributed by atoms with E-state index in [4.69, 9.17) is 28.5 Å². The van der Waals surface area contributed by atoms with E-state index in [0.29, 0.717) is 27.0 Å². The Morgan fingerprint density at radius 3 is 2.48 bits per heavy atom. The summed E-state index contributed by atoms with van der Waals surface area (Å²) >= 11 is 12.0. The van der Waals surface area contributed by atoms with Gasteiger partial charge in [-0.2, -0.15) is 5.26 Å². The lowest BCUT2D eigenvalue weighted by Gasteiger charge is -2.10. The fourth-order valence-electron chi connectivity index (χ4n) is 1.64. The third-order valence-electron chi connectivity index (χ3n) is 2.78. The number of carbonyl (C=O) groups is 1. The van der Waals surface area contributed by atoms with Gasteiger partial charge in [-0.15, -0.1) is 0 Å². The molecule has 0 unspecified atom stereocenters. The minimum Gasteiger partial charge on any atom is -0.308 e. The lowest BCUT2D eigenvalue weighted by molar-refractivity contribution is 0.262. The molecule has 21 heavy (non-hydrogen) atoms. The lowest BCUT2D eigenvalue weighted by atomic mass is 10.2. The number of anilines is 2. The Hall–Kier alpha value is -2.22. The SMILES string of the molecule is Cc1ccc(NC(=O)Nc2ccc(C#N)cc2Cl)cc1Cl. The van der Waals surface area contributed by atoms with Crippen molar-refractivity contribution in [2.75, 3.05) is 10.6 Å². The topological polar surface area (TPSA) is 64.9 Å². The Labute approximate surface area is 132 Å². The number of benzene rings is 2. The van der Waals surface area contributed by atoms with Gasteiger partial charge in [0.2, 0.25) is 0 Å². The molecule has 0 spiro atoms. The van der Waals surface area contributed by atoms with Gasteiger partial charge in [0.25, 0.3) is 0 Å². The molecule has 0 aliphatic carbocycles. The van der Waals surface area contributed by atoms with Crippen LogP contribution < -0.4 is 10.6 Å². The molecule has 0 heterocycles. The van der Waals surface area contributed by atoms with Gasteiger partial charge in [-0.1, -0.05) is 29.3 Å². The Kier molecular flexibility index (Phi) is 4.69. The van der Waals surface area contributed by atoms with Crippen molar-refractivity contribution < 1.29 is 4.79 Å². The zero-order valence-electron chi connectivity index (χ0n) is 11.1. The van der Waals surface area contributed by atoms with Crippen LogP contribution in [0.3, 0.4) is 0 Å². The number of aryl methyl sites for hydroxylation is 1. The van der Waals surface area contributed by atoms with Gasteiger partial charge in [-0.3, -0.25) is 0 Å². The molecule has 2 N–H and O–H groups in total. The van der Waals surface area contributed by atoms with Crippen molar-refractivity contribution in [3.63, 3.8) is 0 Å². The van der Waals surface area contributed by atoms with Gasteiger partial charge in [0.15, 0.2) is 0 Å². The van der Waals surface area contributed by atoms with Crippen LogP contribution in [-0.4, -0.2) is 6.03 Å². The van der Waals surface area contributed by atoms with Crippen molar-refractivity contribution in [3.05, 3.63) is 57.6 Å². The van der Waals surface area contributed by atoms with Crippen molar-refractivity contribution >= 4 is 40.6 Å². The van der Waals surface area contributed by atoms with E-state index in [1.165, 1.54) is 6.07 Å². The molecule has 106 valence electrons. The third-order valence-corrected chi connectivity index (χ3v) is 3.50. The van der Waals surface area contributed by atoms with E-state index < -0.39 is 6.03 Å². The van der Waals surface area contributed by atoms with Crippen molar-refractivity contribution in [1.82, 2.24) is 0 Å². The molecule has 0 saturated heterocycles. The maximum Gasteiger partial charge on any atom is 0.323 e. The van der Waals surface area contributed by atoms with E-state index >= 15 is 0 Å². The van der Waals surface area contributed by atoms with Gasteiger partial charge in [0, 0.05) is 10.7 Å². The first-order chi connectivity index (χ1) is 9.99. The van der Waals surface area contributed by atoms with Crippen LogP contribution in [0, 0.1) is 18.3 Å². The molecule has 0 aromatic heterocycles. The van der Waals surface area contributed by atoms with Crippen LogP contribution in [0.4, 0.5) is 16.2 Å². The number of hydrogen-bond acceptors (Lipinski definition) is 2. The molecule has 2 amide bonds. The average Bonchev–Trinajstić information content (AvgIpc) is 2.45.